The molecule has 0 spiro atoms. The molecule has 0 unspecified atom stereocenters. The zero-order valence-corrected chi connectivity index (χ0v) is 23.8. The zero-order chi connectivity index (χ0) is 29.2. The molecular formula is C31H40F2O7. The van der Waals surface area contributed by atoms with Crippen LogP contribution in [0.3, 0.4) is 0 Å². The summed E-state index contributed by atoms with van der Waals surface area (Å²) < 4.78 is 44.8. The molecule has 0 radical (unpaired) electrons. The quantitative estimate of drug-likeness (QED) is 0.425. The highest BCUT2D eigenvalue weighted by atomic mass is 19.1. The first-order valence-corrected chi connectivity index (χ1v) is 14.6. The number of rotatable bonds is 3. The van der Waals surface area contributed by atoms with Crippen LogP contribution >= 0.6 is 0 Å². The number of aliphatic hydroxyl groups is 1. The number of aliphatic carboxylic acids is 1. The Morgan fingerprint density at radius 3 is 2.42 bits per heavy atom. The molecule has 6 aliphatic rings. The van der Waals surface area contributed by atoms with Gasteiger partial charge in [-0.2, -0.15) is 0 Å². The molecule has 4 fully saturated rings. The van der Waals surface area contributed by atoms with Crippen molar-refractivity contribution in [1.29, 1.82) is 0 Å². The maximum absolute atomic E-state index is 17.4. The number of carbonyl (C=O) groups is 3. The van der Waals surface area contributed by atoms with Crippen molar-refractivity contribution in [3.8, 4) is 0 Å². The summed E-state index contributed by atoms with van der Waals surface area (Å²) >= 11 is 0. The molecular weight excluding hydrogens is 522 g/mol. The highest BCUT2D eigenvalue weighted by Gasteiger charge is 2.78. The number of carbonyl (C=O) groups excluding carboxylic acids is 2. The van der Waals surface area contributed by atoms with Gasteiger partial charge in [-0.1, -0.05) is 33.8 Å². The molecule has 2 N–H and O–H groups in total. The summed E-state index contributed by atoms with van der Waals surface area (Å²) in [6.07, 6.45) is 1.69. The fraction of sp³-hybridized carbons (Fsp3) is 0.774. The van der Waals surface area contributed by atoms with Crippen LogP contribution in [0.5, 0.6) is 0 Å². The maximum Gasteiger partial charge on any atom is 0.509 e. The number of allylic oxidation sites excluding steroid dienone is 4. The second-order valence-electron chi connectivity index (χ2n) is 14.5. The minimum atomic E-state index is -2.33. The monoisotopic (exact) mass is 562 g/mol. The van der Waals surface area contributed by atoms with E-state index in [4.69, 9.17) is 9.47 Å². The number of ketones is 1. The molecule has 4 saturated carbocycles. The van der Waals surface area contributed by atoms with Crippen LogP contribution in [0.15, 0.2) is 23.6 Å². The van der Waals surface area contributed by atoms with Crippen LogP contribution in [-0.2, 0) is 19.1 Å². The van der Waals surface area contributed by atoms with E-state index in [0.29, 0.717) is 5.92 Å². The van der Waals surface area contributed by atoms with Crippen molar-refractivity contribution < 1.29 is 42.9 Å². The van der Waals surface area contributed by atoms with Gasteiger partial charge in [0.25, 0.3) is 0 Å². The molecule has 9 heteroatoms. The predicted octanol–water partition coefficient (Wildman–Crippen LogP) is 5.70. The van der Waals surface area contributed by atoms with Crippen molar-refractivity contribution in [2.75, 3.05) is 0 Å². The number of hydrogen-bond acceptors (Lipinski definition) is 6. The summed E-state index contributed by atoms with van der Waals surface area (Å²) in [4.78, 5) is 38.6. The Morgan fingerprint density at radius 1 is 1.10 bits per heavy atom. The number of ether oxygens (including phenoxy) is 2. The Balaban J connectivity index is 1.36. The summed E-state index contributed by atoms with van der Waals surface area (Å²) in [5.41, 5.74) is -7.59. The summed E-state index contributed by atoms with van der Waals surface area (Å²) in [6.45, 7) is 8.90. The fourth-order valence-electron chi connectivity index (χ4n) is 10.5. The van der Waals surface area contributed by atoms with E-state index in [1.54, 1.807) is 13.8 Å². The van der Waals surface area contributed by atoms with Crippen molar-refractivity contribution in [2.24, 2.45) is 45.8 Å². The second-order valence-corrected chi connectivity index (χ2v) is 14.5. The van der Waals surface area contributed by atoms with Gasteiger partial charge >= 0.3 is 12.1 Å². The predicted molar refractivity (Wildman–Crippen MR) is 139 cm³/mol. The molecule has 0 aromatic rings. The standard InChI is InChI=1S/C31H40F2O7/c1-15-10-19-20-13-22(32)21-12-18(34)8-9-28(21,4)30(20,33)23(35)14-29(19,5)31(15,25(36)37)40-26(38)39-24-16-6-7-17(11-16)27(24,2)3/h8-9,15-17,19-20,23-24,35H,6-7,10-14H2,1-5H3,(H,36,37)/t15-,16-,17+,19+,20+,23+,24-,28+,29+,30+,31+/m1/s1. The largest absolute Gasteiger partial charge is 0.509 e. The van der Waals surface area contributed by atoms with Crippen molar-refractivity contribution in [1.82, 2.24) is 0 Å². The van der Waals surface area contributed by atoms with E-state index in [1.165, 1.54) is 19.1 Å². The minimum absolute atomic E-state index is 0.0465. The van der Waals surface area contributed by atoms with Crippen LogP contribution < -0.4 is 0 Å². The first-order chi connectivity index (χ1) is 18.5. The lowest BCUT2D eigenvalue weighted by Crippen LogP contribution is -2.69. The number of halogens is 2. The Bertz CT molecular complexity index is 1240. The number of fused-ring (bicyclic) bond motifs is 7. The molecule has 2 bridgehead atoms. The minimum Gasteiger partial charge on any atom is -0.478 e. The van der Waals surface area contributed by atoms with E-state index >= 15 is 8.78 Å². The Labute approximate surface area is 233 Å². The van der Waals surface area contributed by atoms with Crippen LogP contribution in [-0.4, -0.2) is 51.6 Å². The van der Waals surface area contributed by atoms with Crippen molar-refractivity contribution >= 4 is 17.9 Å². The Morgan fingerprint density at radius 2 is 1.80 bits per heavy atom. The van der Waals surface area contributed by atoms with Crippen molar-refractivity contribution in [2.45, 2.75) is 103 Å². The molecule has 0 saturated heterocycles. The lowest BCUT2D eigenvalue weighted by Gasteiger charge is -2.61. The summed E-state index contributed by atoms with van der Waals surface area (Å²) in [7, 11) is 0. The maximum atomic E-state index is 17.4. The number of aliphatic hydroxyl groups excluding tert-OH is 1. The molecule has 0 aromatic carbocycles. The van der Waals surface area contributed by atoms with Crippen molar-refractivity contribution in [3.05, 3.63) is 23.6 Å². The molecule has 0 aliphatic heterocycles. The normalized spacial score (nSPS) is 50.3. The van der Waals surface area contributed by atoms with Crippen LogP contribution in [0, 0.1) is 45.8 Å². The first kappa shape index (κ1) is 27.9. The molecule has 0 heterocycles. The molecule has 0 aromatic heterocycles. The van der Waals surface area contributed by atoms with Gasteiger partial charge in [-0.3, -0.25) is 4.79 Å². The third-order valence-electron chi connectivity index (χ3n) is 12.7. The lowest BCUT2D eigenvalue weighted by molar-refractivity contribution is -0.228. The second kappa shape index (κ2) is 8.39. The van der Waals surface area contributed by atoms with Gasteiger partial charge in [0.2, 0.25) is 5.60 Å². The molecule has 7 nitrogen and oxygen atoms in total. The van der Waals surface area contributed by atoms with Gasteiger partial charge in [0.15, 0.2) is 11.5 Å². The molecule has 0 amide bonds. The Kier molecular flexibility index (Phi) is 5.84. The summed E-state index contributed by atoms with van der Waals surface area (Å²) in [6, 6.07) is 0. The van der Waals surface area contributed by atoms with Crippen molar-refractivity contribution in [3.63, 3.8) is 0 Å². The van der Waals surface area contributed by atoms with E-state index in [0.717, 1.165) is 19.3 Å². The summed E-state index contributed by atoms with van der Waals surface area (Å²) in [5, 5.41) is 22.2. The van der Waals surface area contributed by atoms with Gasteiger partial charge in [0.1, 0.15) is 11.9 Å². The van der Waals surface area contributed by atoms with E-state index < -0.39 is 70.0 Å². The number of alkyl halides is 1. The zero-order valence-electron chi connectivity index (χ0n) is 23.8. The van der Waals surface area contributed by atoms with Gasteiger partial charge in [-0.05, 0) is 68.4 Å². The van der Waals surface area contributed by atoms with Crippen LogP contribution in [0.2, 0.25) is 0 Å². The molecule has 220 valence electrons. The number of carboxylic acids is 1. The van der Waals surface area contributed by atoms with E-state index in [1.807, 2.05) is 0 Å². The highest BCUT2D eigenvalue weighted by molar-refractivity contribution is 5.93. The SMILES string of the molecule is C[C@@H]1C[C@H]2[C@@H]3CC(F)=C4CC(=O)C=C[C@]4(C)[C@@]3(F)[C@@H](O)C[C@]2(C)[C@@]1(OC(=O)O[C@@H]1[C@@H]2CC[C@@H](C2)C1(C)C)C(=O)O. The Hall–Kier alpha value is -2.29. The third kappa shape index (κ3) is 3.16. The van der Waals surface area contributed by atoms with Crippen LogP contribution in [0.4, 0.5) is 13.6 Å². The third-order valence-corrected chi connectivity index (χ3v) is 12.7. The van der Waals surface area contributed by atoms with E-state index in [2.05, 4.69) is 13.8 Å². The van der Waals surface area contributed by atoms with E-state index in [-0.39, 0.29) is 48.4 Å². The number of carboxylic acid groups (broad SMARTS) is 1. The fourth-order valence-corrected chi connectivity index (χ4v) is 10.5. The van der Waals surface area contributed by atoms with Gasteiger partial charge in [-0.15, -0.1) is 0 Å². The molecule has 40 heavy (non-hydrogen) atoms. The molecule has 6 rings (SSSR count). The highest BCUT2D eigenvalue weighted by Crippen LogP contribution is 2.71. The van der Waals surface area contributed by atoms with Crippen LogP contribution in [0.1, 0.15) is 79.6 Å². The number of hydrogen-bond donors (Lipinski definition) is 2. The smallest absolute Gasteiger partial charge is 0.478 e. The topological polar surface area (TPSA) is 110 Å². The molecule has 6 aliphatic carbocycles. The summed E-state index contributed by atoms with van der Waals surface area (Å²) in [5.74, 6) is -4.22. The molecule has 11 atom stereocenters. The average molecular weight is 563 g/mol. The average Bonchev–Trinajstić information content (AvgIpc) is 3.50. The lowest BCUT2D eigenvalue weighted by atomic mass is 9.45. The van der Waals surface area contributed by atoms with Gasteiger partial charge in [0, 0.05) is 40.9 Å². The van der Waals surface area contributed by atoms with Gasteiger partial charge in [0.05, 0.1) is 6.10 Å². The van der Waals surface area contributed by atoms with Gasteiger partial charge < -0.3 is 19.7 Å². The van der Waals surface area contributed by atoms with Gasteiger partial charge in [-0.25, -0.2) is 18.4 Å². The first-order valence-electron chi connectivity index (χ1n) is 14.6. The van der Waals surface area contributed by atoms with Crippen LogP contribution in [0.25, 0.3) is 0 Å². The van der Waals surface area contributed by atoms with E-state index in [9.17, 15) is 24.6 Å².